The fourth-order valence-electron chi connectivity index (χ4n) is 3.67. The van der Waals surface area contributed by atoms with E-state index in [0.717, 1.165) is 19.3 Å². The van der Waals surface area contributed by atoms with Gasteiger partial charge in [-0.05, 0) is 43.7 Å². The highest BCUT2D eigenvalue weighted by Gasteiger charge is 2.26. The lowest BCUT2D eigenvalue weighted by molar-refractivity contribution is 0.0610. The van der Waals surface area contributed by atoms with Crippen LogP contribution >= 0.6 is 12.4 Å². The smallest absolute Gasteiger partial charge is 0.209 e. The number of hydrogen-bond acceptors (Lipinski definition) is 6. The molecular weight excluding hydrogens is 409 g/mol. The molecule has 0 aliphatic heterocycles. The van der Waals surface area contributed by atoms with E-state index in [1.165, 1.54) is 12.1 Å². The van der Waals surface area contributed by atoms with Gasteiger partial charge in [-0.1, -0.05) is 24.5 Å². The highest BCUT2D eigenvalue weighted by Crippen LogP contribution is 2.28. The number of aliphatic hydroxyl groups excluding tert-OH is 1. The van der Waals surface area contributed by atoms with Gasteiger partial charge in [0.2, 0.25) is 5.82 Å². The standard InChI is InChI=1S/C21H22FN5O2.ClH/c22-15-6-4-5-14(13-15)19-26-17-18(23)24-16(25-20(17)27(19)11-12-28)7-10-21(29)8-2-1-3-9-21;/h4-6,13,28-29H,1-3,8-9,11-12H2,(H2,23,24,25);1H. The lowest BCUT2D eigenvalue weighted by Gasteiger charge is -2.26. The molecule has 1 aliphatic carbocycles. The molecule has 0 unspecified atom stereocenters. The number of rotatable bonds is 3. The zero-order valence-corrected chi connectivity index (χ0v) is 17.1. The summed E-state index contributed by atoms with van der Waals surface area (Å²) in [6, 6.07) is 6.02. The van der Waals surface area contributed by atoms with Crippen LogP contribution in [-0.2, 0) is 6.54 Å². The number of benzene rings is 1. The average molecular weight is 432 g/mol. The Morgan fingerprint density at radius 3 is 2.63 bits per heavy atom. The minimum atomic E-state index is -1.02. The fraction of sp³-hybridized carbons (Fsp3) is 0.381. The number of nitrogens with two attached hydrogens (primary N) is 1. The van der Waals surface area contributed by atoms with Crippen LogP contribution in [-0.4, -0.2) is 41.9 Å². The van der Waals surface area contributed by atoms with Crippen LogP contribution in [0.4, 0.5) is 10.2 Å². The molecule has 1 fully saturated rings. The van der Waals surface area contributed by atoms with E-state index in [4.69, 9.17) is 5.73 Å². The zero-order chi connectivity index (χ0) is 20.4. The first kappa shape index (κ1) is 22.0. The third kappa shape index (κ3) is 4.38. The third-order valence-corrected chi connectivity index (χ3v) is 5.12. The van der Waals surface area contributed by atoms with Gasteiger partial charge in [-0.15, -0.1) is 12.4 Å². The van der Waals surface area contributed by atoms with Crippen molar-refractivity contribution in [3.63, 3.8) is 0 Å². The van der Waals surface area contributed by atoms with E-state index in [9.17, 15) is 14.6 Å². The Morgan fingerprint density at radius 2 is 1.93 bits per heavy atom. The molecule has 0 atom stereocenters. The minimum Gasteiger partial charge on any atom is -0.395 e. The quantitative estimate of drug-likeness (QED) is 0.550. The molecule has 1 aliphatic rings. The van der Waals surface area contributed by atoms with Gasteiger partial charge in [-0.2, -0.15) is 0 Å². The van der Waals surface area contributed by atoms with Crippen molar-refractivity contribution in [1.82, 2.24) is 19.5 Å². The zero-order valence-electron chi connectivity index (χ0n) is 16.3. The molecule has 4 N–H and O–H groups in total. The summed E-state index contributed by atoms with van der Waals surface area (Å²) < 4.78 is 15.4. The summed E-state index contributed by atoms with van der Waals surface area (Å²) in [5.41, 5.74) is 6.38. The molecule has 30 heavy (non-hydrogen) atoms. The first-order valence-electron chi connectivity index (χ1n) is 9.65. The number of anilines is 1. The van der Waals surface area contributed by atoms with Gasteiger partial charge in [0.05, 0.1) is 6.61 Å². The van der Waals surface area contributed by atoms with Crippen molar-refractivity contribution in [2.24, 2.45) is 0 Å². The van der Waals surface area contributed by atoms with E-state index in [1.54, 1.807) is 16.7 Å². The van der Waals surface area contributed by atoms with Crippen LogP contribution in [0.2, 0.25) is 0 Å². The van der Waals surface area contributed by atoms with Crippen molar-refractivity contribution in [3.8, 4) is 23.2 Å². The maximum absolute atomic E-state index is 13.7. The maximum Gasteiger partial charge on any atom is 0.209 e. The van der Waals surface area contributed by atoms with Gasteiger partial charge in [-0.25, -0.2) is 19.3 Å². The van der Waals surface area contributed by atoms with E-state index in [0.29, 0.717) is 35.4 Å². The number of halogens is 2. The van der Waals surface area contributed by atoms with Crippen molar-refractivity contribution >= 4 is 29.4 Å². The molecule has 7 nitrogen and oxygen atoms in total. The molecule has 3 aromatic rings. The molecule has 2 aromatic heterocycles. The predicted molar refractivity (Wildman–Crippen MR) is 114 cm³/mol. The molecule has 2 heterocycles. The number of hydrogen-bond donors (Lipinski definition) is 3. The largest absolute Gasteiger partial charge is 0.395 e. The Balaban J connectivity index is 0.00000256. The molecule has 0 amide bonds. The molecule has 158 valence electrons. The molecule has 0 saturated heterocycles. The summed E-state index contributed by atoms with van der Waals surface area (Å²) >= 11 is 0. The third-order valence-electron chi connectivity index (χ3n) is 5.12. The van der Waals surface area contributed by atoms with Crippen LogP contribution < -0.4 is 5.73 Å². The first-order valence-corrected chi connectivity index (χ1v) is 9.65. The van der Waals surface area contributed by atoms with Crippen molar-refractivity contribution in [2.45, 2.75) is 44.2 Å². The van der Waals surface area contributed by atoms with E-state index in [-0.39, 0.29) is 37.2 Å². The SMILES string of the molecule is Cl.Nc1nc(C#CC2(O)CCCCC2)nc2c1nc(-c1cccc(F)c1)n2CCO. The molecule has 0 spiro atoms. The van der Waals surface area contributed by atoms with E-state index in [2.05, 4.69) is 26.8 Å². The molecule has 4 rings (SSSR count). The predicted octanol–water partition coefficient (Wildman–Crippen LogP) is 2.68. The lowest BCUT2D eigenvalue weighted by Crippen LogP contribution is -2.29. The van der Waals surface area contributed by atoms with Crippen LogP contribution in [0.1, 0.15) is 37.9 Å². The first-order chi connectivity index (χ1) is 14.0. The fourth-order valence-corrected chi connectivity index (χ4v) is 3.67. The Morgan fingerprint density at radius 1 is 1.17 bits per heavy atom. The second kappa shape index (κ2) is 8.96. The summed E-state index contributed by atoms with van der Waals surface area (Å²) in [5.74, 6) is 6.12. The number of aromatic nitrogens is 4. The van der Waals surface area contributed by atoms with Gasteiger partial charge in [0.15, 0.2) is 17.0 Å². The summed E-state index contributed by atoms with van der Waals surface area (Å²) in [5, 5.41) is 20.1. The average Bonchev–Trinajstić information content (AvgIpc) is 3.07. The van der Waals surface area contributed by atoms with Crippen molar-refractivity contribution < 1.29 is 14.6 Å². The van der Waals surface area contributed by atoms with Crippen molar-refractivity contribution in [3.05, 3.63) is 35.9 Å². The van der Waals surface area contributed by atoms with Gasteiger partial charge in [0.25, 0.3) is 0 Å². The summed E-state index contributed by atoms with van der Waals surface area (Å²) in [6.07, 6.45) is 4.23. The van der Waals surface area contributed by atoms with Crippen LogP contribution in [0.15, 0.2) is 24.3 Å². The summed E-state index contributed by atoms with van der Waals surface area (Å²) in [4.78, 5) is 13.2. The van der Waals surface area contributed by atoms with Crippen LogP contribution in [0.25, 0.3) is 22.6 Å². The Kier molecular flexibility index (Phi) is 6.56. The van der Waals surface area contributed by atoms with Gasteiger partial charge in [0.1, 0.15) is 17.2 Å². The van der Waals surface area contributed by atoms with Gasteiger partial charge < -0.3 is 20.5 Å². The lowest BCUT2D eigenvalue weighted by atomic mass is 9.85. The molecule has 9 heteroatoms. The summed E-state index contributed by atoms with van der Waals surface area (Å²) in [6.45, 7) is 0.0497. The topological polar surface area (TPSA) is 110 Å². The van der Waals surface area contributed by atoms with Gasteiger partial charge in [-0.3, -0.25) is 0 Å². The molecule has 0 bridgehead atoms. The second-order valence-corrected chi connectivity index (χ2v) is 7.27. The number of nitrogens with zero attached hydrogens (tertiary/aromatic N) is 4. The summed E-state index contributed by atoms with van der Waals surface area (Å²) in [7, 11) is 0. The maximum atomic E-state index is 13.7. The molecule has 1 aromatic carbocycles. The van der Waals surface area contributed by atoms with E-state index >= 15 is 0 Å². The van der Waals surface area contributed by atoms with Gasteiger partial charge >= 0.3 is 0 Å². The monoisotopic (exact) mass is 431 g/mol. The Labute approximate surface area is 179 Å². The molecule has 0 radical (unpaired) electrons. The number of imidazole rings is 1. The Hall–Kier alpha value is -2.73. The minimum absolute atomic E-state index is 0. The van der Waals surface area contributed by atoms with E-state index < -0.39 is 11.4 Å². The number of aliphatic hydroxyl groups is 2. The normalized spacial score (nSPS) is 15.3. The molecular formula is C21H23ClFN5O2. The highest BCUT2D eigenvalue weighted by atomic mass is 35.5. The van der Waals surface area contributed by atoms with Crippen molar-refractivity contribution in [2.75, 3.05) is 12.3 Å². The van der Waals surface area contributed by atoms with Crippen LogP contribution in [0, 0.1) is 17.7 Å². The van der Waals surface area contributed by atoms with Gasteiger partial charge in [0, 0.05) is 12.1 Å². The van der Waals surface area contributed by atoms with Crippen LogP contribution in [0.3, 0.4) is 0 Å². The van der Waals surface area contributed by atoms with Crippen molar-refractivity contribution in [1.29, 1.82) is 0 Å². The Bertz CT molecular complexity index is 1120. The second-order valence-electron chi connectivity index (χ2n) is 7.27. The number of nitrogen functional groups attached to an aromatic ring is 1. The van der Waals surface area contributed by atoms with Crippen LogP contribution in [0.5, 0.6) is 0 Å². The van der Waals surface area contributed by atoms with E-state index in [1.807, 2.05) is 0 Å². The highest BCUT2D eigenvalue weighted by molar-refractivity contribution is 5.86. The number of fused-ring (bicyclic) bond motifs is 1. The molecule has 1 saturated carbocycles.